The molecule has 8 nitrogen and oxygen atoms in total. The van der Waals surface area contributed by atoms with Crippen molar-refractivity contribution in [3.63, 3.8) is 0 Å². The number of aromatic nitrogens is 4. The third-order valence-corrected chi connectivity index (χ3v) is 5.65. The molecule has 2 heterocycles. The lowest BCUT2D eigenvalue weighted by Gasteiger charge is -2.33. The molecular formula is C13H17N5O3S. The predicted molar refractivity (Wildman–Crippen MR) is 80.0 cm³/mol. The largest absolute Gasteiger partial charge is 0.396 e. The van der Waals surface area contributed by atoms with Gasteiger partial charge in [-0.25, -0.2) is 15.0 Å². The number of nitrogens with two attached hydrogens (primary N) is 1. The Hall–Kier alpha value is -1.42. The van der Waals surface area contributed by atoms with Gasteiger partial charge in [-0.1, -0.05) is 11.8 Å². The van der Waals surface area contributed by atoms with Crippen molar-refractivity contribution < 1.29 is 15.3 Å². The minimum atomic E-state index is -1.53. The Morgan fingerprint density at radius 2 is 2.23 bits per heavy atom. The molecule has 0 aromatic carbocycles. The van der Waals surface area contributed by atoms with Crippen molar-refractivity contribution in [2.75, 3.05) is 18.6 Å². The number of rotatable bonds is 3. The monoisotopic (exact) mass is 323 g/mol. The molecule has 0 amide bonds. The quantitative estimate of drug-likeness (QED) is 0.441. The van der Waals surface area contributed by atoms with Crippen molar-refractivity contribution in [3.8, 4) is 0 Å². The molecule has 0 spiro atoms. The first-order valence-electron chi connectivity index (χ1n) is 7.02. The number of thioether (sulfide) groups is 1. The second-order valence-corrected chi connectivity index (χ2v) is 6.93. The van der Waals surface area contributed by atoms with Gasteiger partial charge in [0.1, 0.15) is 11.6 Å². The van der Waals surface area contributed by atoms with Crippen LogP contribution in [0.4, 0.5) is 5.82 Å². The summed E-state index contributed by atoms with van der Waals surface area (Å²) in [5, 5.41) is 31.7. The summed E-state index contributed by atoms with van der Waals surface area (Å²) in [5.74, 6) is 0.348. The molecule has 0 aliphatic heterocycles. The Kier molecular flexibility index (Phi) is 2.78. The summed E-state index contributed by atoms with van der Waals surface area (Å²) in [7, 11) is 0. The first kappa shape index (κ1) is 14.2. The number of nitrogens with zero attached hydrogens (tertiary/aromatic N) is 4. The minimum Gasteiger partial charge on any atom is -0.396 e. The number of aliphatic hydroxyl groups excluding tert-OH is 2. The van der Waals surface area contributed by atoms with Crippen LogP contribution in [-0.4, -0.2) is 53.8 Å². The van der Waals surface area contributed by atoms with Gasteiger partial charge < -0.3 is 21.1 Å². The molecule has 4 rings (SSSR count). The average molecular weight is 323 g/mol. The summed E-state index contributed by atoms with van der Waals surface area (Å²) >= 11 is 1.34. The second kappa shape index (κ2) is 4.31. The maximum atomic E-state index is 11.0. The van der Waals surface area contributed by atoms with E-state index in [0.29, 0.717) is 22.7 Å². The van der Waals surface area contributed by atoms with Crippen molar-refractivity contribution in [1.29, 1.82) is 0 Å². The Morgan fingerprint density at radius 3 is 2.86 bits per heavy atom. The van der Waals surface area contributed by atoms with Gasteiger partial charge in [-0.05, 0) is 18.6 Å². The molecule has 0 saturated heterocycles. The Labute approximate surface area is 130 Å². The topological polar surface area (TPSA) is 130 Å². The van der Waals surface area contributed by atoms with Crippen LogP contribution < -0.4 is 5.73 Å². The van der Waals surface area contributed by atoms with Gasteiger partial charge in [0.2, 0.25) is 0 Å². The smallest absolute Gasteiger partial charge is 0.191 e. The molecule has 0 bridgehead atoms. The first-order valence-corrected chi connectivity index (χ1v) is 8.25. The molecule has 2 fully saturated rings. The number of aliphatic hydroxyl groups is 3. The van der Waals surface area contributed by atoms with E-state index < -0.39 is 17.2 Å². The predicted octanol–water partition coefficient (Wildman–Crippen LogP) is -0.461. The summed E-state index contributed by atoms with van der Waals surface area (Å²) in [6, 6.07) is 0. The molecule has 2 saturated carbocycles. The highest BCUT2D eigenvalue weighted by atomic mass is 32.2. The Balaban J connectivity index is 1.87. The van der Waals surface area contributed by atoms with Gasteiger partial charge in [0.05, 0.1) is 12.9 Å². The van der Waals surface area contributed by atoms with E-state index in [2.05, 4.69) is 15.0 Å². The SMILES string of the molecule is CSc1nc(N)c2ncn([C@@]3(O)C[C@H]4C[C@@]4(CO)[C@H]3O)c2n1. The molecule has 2 aromatic rings. The summed E-state index contributed by atoms with van der Waals surface area (Å²) in [6.07, 6.45) is 3.28. The Morgan fingerprint density at radius 1 is 1.45 bits per heavy atom. The third kappa shape index (κ3) is 1.56. The number of fused-ring (bicyclic) bond motifs is 2. The van der Waals surface area contributed by atoms with E-state index in [1.54, 1.807) is 0 Å². The molecule has 4 atom stereocenters. The second-order valence-electron chi connectivity index (χ2n) is 6.16. The van der Waals surface area contributed by atoms with Crippen LogP contribution in [0.15, 0.2) is 11.5 Å². The van der Waals surface area contributed by atoms with E-state index >= 15 is 0 Å². The van der Waals surface area contributed by atoms with Crippen molar-refractivity contribution in [2.45, 2.75) is 29.8 Å². The fourth-order valence-corrected chi connectivity index (χ4v) is 4.10. The lowest BCUT2D eigenvalue weighted by molar-refractivity contribution is -0.145. The Bertz CT molecular complexity index is 763. The summed E-state index contributed by atoms with van der Waals surface area (Å²) in [5.41, 5.74) is 4.55. The molecule has 22 heavy (non-hydrogen) atoms. The lowest BCUT2D eigenvalue weighted by Crippen LogP contribution is -2.46. The standard InChI is InChI=1S/C13H17N5O3S/c1-22-11-16-8(14)7-9(17-11)18(5-15-7)13(21)3-6-2-12(6,4-19)10(13)20/h5-6,10,19-21H,2-4H2,1H3,(H2,14,16,17)/t6-,10-,12+,13-/m1/s1. The maximum absolute atomic E-state index is 11.0. The fraction of sp³-hybridized carbons (Fsp3) is 0.615. The van der Waals surface area contributed by atoms with Crippen LogP contribution in [0, 0.1) is 11.3 Å². The first-order chi connectivity index (χ1) is 10.5. The van der Waals surface area contributed by atoms with E-state index in [1.165, 1.54) is 22.7 Å². The molecule has 2 aliphatic carbocycles. The number of nitrogen functional groups attached to an aromatic ring is 1. The van der Waals surface area contributed by atoms with Crippen LogP contribution in [0.25, 0.3) is 11.2 Å². The molecule has 118 valence electrons. The molecule has 2 aromatic heterocycles. The normalized spacial score (nSPS) is 36.7. The number of hydrogen-bond donors (Lipinski definition) is 4. The van der Waals surface area contributed by atoms with Crippen molar-refractivity contribution >= 4 is 28.7 Å². The van der Waals surface area contributed by atoms with Gasteiger partial charge in [0, 0.05) is 11.8 Å². The van der Waals surface area contributed by atoms with Gasteiger partial charge >= 0.3 is 0 Å². The molecule has 9 heteroatoms. The van der Waals surface area contributed by atoms with Crippen LogP contribution in [0.1, 0.15) is 12.8 Å². The number of anilines is 1. The minimum absolute atomic E-state index is 0.106. The fourth-order valence-electron chi connectivity index (χ4n) is 3.73. The third-order valence-electron chi connectivity index (χ3n) is 5.11. The van der Waals surface area contributed by atoms with E-state index in [0.717, 1.165) is 6.42 Å². The molecular weight excluding hydrogens is 306 g/mol. The number of hydrogen-bond acceptors (Lipinski definition) is 8. The molecule has 0 radical (unpaired) electrons. The summed E-state index contributed by atoms with van der Waals surface area (Å²) in [6.45, 7) is -0.138. The highest BCUT2D eigenvalue weighted by molar-refractivity contribution is 7.98. The summed E-state index contributed by atoms with van der Waals surface area (Å²) < 4.78 is 1.47. The van der Waals surface area contributed by atoms with Crippen LogP contribution in [-0.2, 0) is 5.72 Å². The van der Waals surface area contributed by atoms with Crippen molar-refractivity contribution in [1.82, 2.24) is 19.5 Å². The maximum Gasteiger partial charge on any atom is 0.191 e. The van der Waals surface area contributed by atoms with Crippen LogP contribution in [0.2, 0.25) is 0 Å². The summed E-state index contributed by atoms with van der Waals surface area (Å²) in [4.78, 5) is 12.7. The molecule has 5 N–H and O–H groups in total. The van der Waals surface area contributed by atoms with Crippen LogP contribution in [0.5, 0.6) is 0 Å². The van der Waals surface area contributed by atoms with Crippen LogP contribution >= 0.6 is 11.8 Å². The molecule has 0 unspecified atom stereocenters. The van der Waals surface area contributed by atoms with Gasteiger partial charge in [0.25, 0.3) is 0 Å². The zero-order chi connectivity index (χ0) is 15.7. The van der Waals surface area contributed by atoms with E-state index in [-0.39, 0.29) is 18.3 Å². The zero-order valence-electron chi connectivity index (χ0n) is 12.0. The van der Waals surface area contributed by atoms with E-state index in [9.17, 15) is 15.3 Å². The van der Waals surface area contributed by atoms with Gasteiger partial charge in [-0.3, -0.25) is 4.57 Å². The number of imidazole rings is 1. The van der Waals surface area contributed by atoms with E-state index in [4.69, 9.17) is 5.73 Å². The highest BCUT2D eigenvalue weighted by Gasteiger charge is 2.72. The van der Waals surface area contributed by atoms with Gasteiger partial charge in [-0.2, -0.15) is 0 Å². The highest BCUT2D eigenvalue weighted by Crippen LogP contribution is 2.67. The van der Waals surface area contributed by atoms with Crippen LogP contribution in [0.3, 0.4) is 0 Å². The van der Waals surface area contributed by atoms with Gasteiger partial charge in [0.15, 0.2) is 22.3 Å². The van der Waals surface area contributed by atoms with Crippen molar-refractivity contribution in [3.05, 3.63) is 6.33 Å². The van der Waals surface area contributed by atoms with E-state index in [1.807, 2.05) is 6.26 Å². The lowest BCUT2D eigenvalue weighted by atomic mass is 9.96. The molecule has 2 aliphatic rings. The van der Waals surface area contributed by atoms with Crippen molar-refractivity contribution in [2.24, 2.45) is 11.3 Å². The average Bonchev–Trinajstić information content (AvgIpc) is 2.93. The van der Waals surface area contributed by atoms with Gasteiger partial charge in [-0.15, -0.1) is 0 Å². The zero-order valence-corrected chi connectivity index (χ0v) is 12.8.